The molecule has 1 N–H and O–H groups in total. The summed E-state index contributed by atoms with van der Waals surface area (Å²) >= 11 is 0. The van der Waals surface area contributed by atoms with Crippen LogP contribution in [0.1, 0.15) is 12.0 Å². The lowest BCUT2D eigenvalue weighted by molar-refractivity contribution is -0.121. The average molecular weight is 372 g/mol. The van der Waals surface area contributed by atoms with Gasteiger partial charge in [-0.15, -0.1) is 0 Å². The molecular weight excluding hydrogens is 351 g/mol. The van der Waals surface area contributed by atoms with Crippen molar-refractivity contribution in [1.82, 2.24) is 5.32 Å². The highest BCUT2D eigenvalue weighted by atomic mass is 19.1. The smallest absolute Gasteiger partial charge is 0.414 e. The number of hydrogen-bond donors (Lipinski definition) is 1. The molecule has 142 valence electrons. The molecule has 1 aliphatic rings. The Balaban J connectivity index is 1.44. The lowest BCUT2D eigenvalue weighted by Gasteiger charge is -2.13. The van der Waals surface area contributed by atoms with Crippen LogP contribution in [0.3, 0.4) is 0 Å². The normalized spacial score (nSPS) is 16.1. The third-order valence-corrected chi connectivity index (χ3v) is 4.32. The maximum atomic E-state index is 13.3. The van der Waals surface area contributed by atoms with Crippen LogP contribution < -0.4 is 15.0 Å². The molecule has 0 radical (unpaired) electrons. The fourth-order valence-electron chi connectivity index (χ4n) is 2.85. The second-order valence-corrected chi connectivity index (χ2v) is 6.25. The van der Waals surface area contributed by atoms with E-state index < -0.39 is 18.0 Å². The SMILES string of the molecule is COc1ccc(CCC(=O)NCC2CN(c3cccc(F)c3)C(=O)O2)cc1. The minimum Gasteiger partial charge on any atom is -0.497 e. The molecule has 27 heavy (non-hydrogen) atoms. The van der Waals surface area contributed by atoms with E-state index in [1.54, 1.807) is 13.2 Å². The number of halogens is 1. The lowest BCUT2D eigenvalue weighted by atomic mass is 10.1. The van der Waals surface area contributed by atoms with Crippen LogP contribution in [-0.2, 0) is 16.0 Å². The van der Waals surface area contributed by atoms with Crippen molar-refractivity contribution in [2.24, 2.45) is 0 Å². The molecule has 1 heterocycles. The fourth-order valence-corrected chi connectivity index (χ4v) is 2.85. The van der Waals surface area contributed by atoms with Crippen LogP contribution in [0.5, 0.6) is 5.75 Å². The van der Waals surface area contributed by atoms with Crippen molar-refractivity contribution in [3.8, 4) is 5.75 Å². The highest BCUT2D eigenvalue weighted by molar-refractivity contribution is 5.89. The summed E-state index contributed by atoms with van der Waals surface area (Å²) < 4.78 is 23.7. The van der Waals surface area contributed by atoms with E-state index in [9.17, 15) is 14.0 Å². The first-order valence-corrected chi connectivity index (χ1v) is 8.68. The number of nitrogens with one attached hydrogen (secondary N) is 1. The van der Waals surface area contributed by atoms with E-state index in [0.29, 0.717) is 18.5 Å². The molecule has 2 aromatic rings. The van der Waals surface area contributed by atoms with E-state index >= 15 is 0 Å². The Morgan fingerprint density at radius 2 is 2.07 bits per heavy atom. The monoisotopic (exact) mass is 372 g/mol. The Labute approximate surface area is 156 Å². The summed E-state index contributed by atoms with van der Waals surface area (Å²) in [6, 6.07) is 13.3. The standard InChI is InChI=1S/C20H21FN2O4/c1-26-17-8-5-14(6-9-17)7-10-19(24)22-12-18-13-23(20(25)27-18)16-4-2-3-15(21)11-16/h2-6,8-9,11,18H,7,10,12-13H2,1H3,(H,22,24). The van der Waals surface area contributed by atoms with Gasteiger partial charge in [-0.05, 0) is 42.3 Å². The van der Waals surface area contributed by atoms with Gasteiger partial charge in [-0.1, -0.05) is 18.2 Å². The molecule has 0 bridgehead atoms. The first-order chi connectivity index (χ1) is 13.0. The van der Waals surface area contributed by atoms with Crippen LogP contribution in [0, 0.1) is 5.82 Å². The van der Waals surface area contributed by atoms with Crippen LogP contribution in [0.4, 0.5) is 14.9 Å². The minimum absolute atomic E-state index is 0.119. The number of methoxy groups -OCH3 is 1. The van der Waals surface area contributed by atoms with Crippen molar-refractivity contribution < 1.29 is 23.5 Å². The van der Waals surface area contributed by atoms with E-state index in [0.717, 1.165) is 11.3 Å². The Kier molecular flexibility index (Phi) is 5.90. The van der Waals surface area contributed by atoms with E-state index in [-0.39, 0.29) is 19.0 Å². The molecule has 0 saturated carbocycles. The number of cyclic esters (lactones) is 1. The van der Waals surface area contributed by atoms with Crippen LogP contribution in [0.2, 0.25) is 0 Å². The number of aryl methyl sites for hydroxylation is 1. The Morgan fingerprint density at radius 3 is 2.78 bits per heavy atom. The summed E-state index contributed by atoms with van der Waals surface area (Å²) in [5.74, 6) is 0.232. The van der Waals surface area contributed by atoms with Gasteiger partial charge >= 0.3 is 6.09 Å². The van der Waals surface area contributed by atoms with Gasteiger partial charge in [0.25, 0.3) is 0 Å². The largest absolute Gasteiger partial charge is 0.497 e. The van der Waals surface area contributed by atoms with E-state index in [1.807, 2.05) is 24.3 Å². The molecule has 2 aromatic carbocycles. The van der Waals surface area contributed by atoms with Crippen molar-refractivity contribution >= 4 is 17.7 Å². The predicted molar refractivity (Wildman–Crippen MR) is 98.3 cm³/mol. The minimum atomic E-state index is -0.543. The zero-order chi connectivity index (χ0) is 19.2. The fraction of sp³-hybridized carbons (Fsp3) is 0.300. The highest BCUT2D eigenvalue weighted by Gasteiger charge is 2.32. The third-order valence-electron chi connectivity index (χ3n) is 4.32. The Bertz CT molecular complexity index is 810. The van der Waals surface area contributed by atoms with Gasteiger partial charge in [-0.25, -0.2) is 9.18 Å². The Morgan fingerprint density at radius 1 is 1.30 bits per heavy atom. The van der Waals surface area contributed by atoms with Crippen LogP contribution in [0.15, 0.2) is 48.5 Å². The molecule has 0 aliphatic carbocycles. The molecule has 1 unspecified atom stereocenters. The topological polar surface area (TPSA) is 67.9 Å². The number of carbonyl (C=O) groups is 2. The zero-order valence-electron chi connectivity index (χ0n) is 15.0. The molecule has 2 amide bonds. The van der Waals surface area contributed by atoms with Crippen molar-refractivity contribution in [3.05, 3.63) is 59.9 Å². The lowest BCUT2D eigenvalue weighted by Crippen LogP contribution is -2.34. The summed E-state index contributed by atoms with van der Waals surface area (Å²) in [5, 5.41) is 2.78. The first-order valence-electron chi connectivity index (χ1n) is 8.68. The molecule has 6 nitrogen and oxygen atoms in total. The number of nitrogens with zero attached hydrogens (tertiary/aromatic N) is 1. The molecule has 3 rings (SSSR count). The van der Waals surface area contributed by atoms with E-state index in [2.05, 4.69) is 5.32 Å². The molecule has 1 fully saturated rings. The molecule has 1 aliphatic heterocycles. The van der Waals surface area contributed by atoms with E-state index in [1.165, 1.54) is 23.1 Å². The van der Waals surface area contributed by atoms with Gasteiger partial charge in [-0.3, -0.25) is 9.69 Å². The predicted octanol–water partition coefficient (Wildman–Crippen LogP) is 2.91. The molecule has 1 atom stereocenters. The van der Waals surface area contributed by atoms with Crippen molar-refractivity contribution in [2.75, 3.05) is 25.1 Å². The first kappa shape index (κ1) is 18.7. The van der Waals surface area contributed by atoms with Crippen molar-refractivity contribution in [3.63, 3.8) is 0 Å². The quantitative estimate of drug-likeness (QED) is 0.812. The average Bonchev–Trinajstić information content (AvgIpc) is 3.06. The van der Waals surface area contributed by atoms with Gasteiger partial charge in [-0.2, -0.15) is 0 Å². The number of carbonyl (C=O) groups excluding carboxylic acids is 2. The summed E-state index contributed by atoms with van der Waals surface area (Å²) in [7, 11) is 1.60. The summed E-state index contributed by atoms with van der Waals surface area (Å²) in [6.45, 7) is 0.486. The van der Waals surface area contributed by atoms with Gasteiger partial charge in [0, 0.05) is 6.42 Å². The number of amides is 2. The van der Waals surface area contributed by atoms with Gasteiger partial charge in [0.2, 0.25) is 5.91 Å². The Hall–Kier alpha value is -3.09. The summed E-state index contributed by atoms with van der Waals surface area (Å²) in [5.41, 5.74) is 1.48. The van der Waals surface area contributed by atoms with Gasteiger partial charge in [0.15, 0.2) is 0 Å². The number of hydrogen-bond acceptors (Lipinski definition) is 4. The van der Waals surface area contributed by atoms with Gasteiger partial charge in [0.1, 0.15) is 17.7 Å². The molecular formula is C20H21FN2O4. The third kappa shape index (κ3) is 4.97. The second kappa shape index (κ2) is 8.53. The van der Waals surface area contributed by atoms with Crippen LogP contribution in [-0.4, -0.2) is 38.3 Å². The molecule has 7 heteroatoms. The van der Waals surface area contributed by atoms with E-state index in [4.69, 9.17) is 9.47 Å². The maximum absolute atomic E-state index is 13.3. The summed E-state index contributed by atoms with van der Waals surface area (Å²) in [6.07, 6.45) is -0.0696. The number of benzene rings is 2. The number of ether oxygens (including phenoxy) is 2. The summed E-state index contributed by atoms with van der Waals surface area (Å²) in [4.78, 5) is 25.4. The second-order valence-electron chi connectivity index (χ2n) is 6.25. The van der Waals surface area contributed by atoms with Crippen molar-refractivity contribution in [2.45, 2.75) is 18.9 Å². The molecule has 0 aromatic heterocycles. The van der Waals surface area contributed by atoms with Crippen LogP contribution >= 0.6 is 0 Å². The van der Waals surface area contributed by atoms with Gasteiger partial charge < -0.3 is 14.8 Å². The number of anilines is 1. The van der Waals surface area contributed by atoms with Gasteiger partial charge in [0.05, 0.1) is 25.9 Å². The van der Waals surface area contributed by atoms with Crippen LogP contribution in [0.25, 0.3) is 0 Å². The molecule has 0 spiro atoms. The zero-order valence-corrected chi connectivity index (χ0v) is 15.0. The number of rotatable bonds is 7. The highest BCUT2D eigenvalue weighted by Crippen LogP contribution is 2.22. The van der Waals surface area contributed by atoms with Crippen molar-refractivity contribution in [1.29, 1.82) is 0 Å². The molecule has 1 saturated heterocycles. The maximum Gasteiger partial charge on any atom is 0.414 e.